The highest BCUT2D eigenvalue weighted by Crippen LogP contribution is 2.29. The molecule has 1 N–H and O–H groups in total. The zero-order valence-corrected chi connectivity index (χ0v) is 18.1. The molecular weight excluding hydrogens is 404 g/mol. The SMILES string of the molecule is Cc1ncc(C(=O)NCc2ccncn2)c(C2CCN(C(=O)Cc3ccccc3)CC2)n1. The molecule has 2 aromatic heterocycles. The fraction of sp³-hybridized carbons (Fsp3) is 0.333. The van der Waals surface area contributed by atoms with Crippen LogP contribution in [0.25, 0.3) is 0 Å². The van der Waals surface area contributed by atoms with Gasteiger partial charge in [-0.25, -0.2) is 19.9 Å². The van der Waals surface area contributed by atoms with Crippen molar-refractivity contribution < 1.29 is 9.59 Å². The second kappa shape index (κ2) is 10.1. The van der Waals surface area contributed by atoms with Gasteiger partial charge in [0.05, 0.1) is 29.9 Å². The van der Waals surface area contributed by atoms with Crippen molar-refractivity contribution in [3.05, 3.63) is 83.5 Å². The Morgan fingerprint density at radius 2 is 1.88 bits per heavy atom. The minimum Gasteiger partial charge on any atom is -0.346 e. The zero-order chi connectivity index (χ0) is 22.3. The maximum Gasteiger partial charge on any atom is 0.255 e. The van der Waals surface area contributed by atoms with Crippen LogP contribution in [0.1, 0.15) is 51.9 Å². The molecule has 0 bridgehead atoms. The van der Waals surface area contributed by atoms with Gasteiger partial charge in [-0.2, -0.15) is 0 Å². The third-order valence-corrected chi connectivity index (χ3v) is 5.69. The van der Waals surface area contributed by atoms with Crippen LogP contribution in [-0.4, -0.2) is 49.7 Å². The second-order valence-electron chi connectivity index (χ2n) is 7.92. The third kappa shape index (κ3) is 5.32. The van der Waals surface area contributed by atoms with Gasteiger partial charge < -0.3 is 10.2 Å². The molecule has 1 aromatic carbocycles. The van der Waals surface area contributed by atoms with E-state index in [1.165, 1.54) is 6.33 Å². The summed E-state index contributed by atoms with van der Waals surface area (Å²) in [7, 11) is 0. The first-order valence-corrected chi connectivity index (χ1v) is 10.8. The van der Waals surface area contributed by atoms with Gasteiger partial charge in [0.15, 0.2) is 0 Å². The Morgan fingerprint density at radius 1 is 1.09 bits per heavy atom. The number of aromatic nitrogens is 4. The fourth-order valence-electron chi connectivity index (χ4n) is 3.95. The average Bonchev–Trinajstić information content (AvgIpc) is 2.84. The molecule has 0 aliphatic carbocycles. The Morgan fingerprint density at radius 3 is 2.59 bits per heavy atom. The number of piperidine rings is 1. The van der Waals surface area contributed by atoms with Crippen molar-refractivity contribution in [1.29, 1.82) is 0 Å². The van der Waals surface area contributed by atoms with Crippen molar-refractivity contribution in [2.45, 2.75) is 38.6 Å². The van der Waals surface area contributed by atoms with Crippen LogP contribution in [0.2, 0.25) is 0 Å². The quantitative estimate of drug-likeness (QED) is 0.645. The zero-order valence-electron chi connectivity index (χ0n) is 18.1. The lowest BCUT2D eigenvalue weighted by molar-refractivity contribution is -0.131. The normalized spacial score (nSPS) is 14.2. The molecule has 3 heterocycles. The molecule has 0 radical (unpaired) electrons. The van der Waals surface area contributed by atoms with E-state index in [9.17, 15) is 9.59 Å². The lowest BCUT2D eigenvalue weighted by atomic mass is 9.90. The van der Waals surface area contributed by atoms with Crippen LogP contribution >= 0.6 is 0 Å². The summed E-state index contributed by atoms with van der Waals surface area (Å²) in [6.45, 7) is 3.44. The van der Waals surface area contributed by atoms with E-state index >= 15 is 0 Å². The molecule has 1 saturated heterocycles. The third-order valence-electron chi connectivity index (χ3n) is 5.69. The molecule has 8 heteroatoms. The van der Waals surface area contributed by atoms with Crippen LogP contribution in [0.5, 0.6) is 0 Å². The summed E-state index contributed by atoms with van der Waals surface area (Å²) >= 11 is 0. The Balaban J connectivity index is 1.40. The summed E-state index contributed by atoms with van der Waals surface area (Å²) in [5.74, 6) is 0.657. The minimum absolute atomic E-state index is 0.109. The number of aryl methyl sites for hydroxylation is 1. The van der Waals surface area contributed by atoms with E-state index in [-0.39, 0.29) is 17.7 Å². The standard InChI is InChI=1S/C24H26N6O2/c1-17-26-15-21(24(32)27-14-20-7-10-25-16-28-20)23(29-17)19-8-11-30(12-9-19)22(31)13-18-5-3-2-4-6-18/h2-7,10,15-16,19H,8-9,11-14H2,1H3,(H,27,32). The Hall–Kier alpha value is -3.68. The molecule has 4 rings (SSSR count). The van der Waals surface area contributed by atoms with E-state index in [1.54, 1.807) is 18.5 Å². The maximum absolute atomic E-state index is 12.9. The van der Waals surface area contributed by atoms with Crippen LogP contribution in [-0.2, 0) is 17.8 Å². The highest BCUT2D eigenvalue weighted by Gasteiger charge is 2.28. The van der Waals surface area contributed by atoms with Crippen molar-refractivity contribution in [2.75, 3.05) is 13.1 Å². The highest BCUT2D eigenvalue weighted by atomic mass is 16.2. The molecule has 8 nitrogen and oxygen atoms in total. The van der Waals surface area contributed by atoms with E-state index in [2.05, 4.69) is 25.3 Å². The Labute approximate surface area is 187 Å². The first-order valence-electron chi connectivity index (χ1n) is 10.8. The Bertz CT molecular complexity index is 1070. The van der Waals surface area contributed by atoms with E-state index in [4.69, 9.17) is 0 Å². The van der Waals surface area contributed by atoms with Gasteiger partial charge in [-0.05, 0) is 31.4 Å². The number of hydrogen-bond acceptors (Lipinski definition) is 6. The number of rotatable bonds is 6. The van der Waals surface area contributed by atoms with Gasteiger partial charge in [0, 0.05) is 31.4 Å². The summed E-state index contributed by atoms with van der Waals surface area (Å²) in [5.41, 5.74) is 2.99. The van der Waals surface area contributed by atoms with Crippen molar-refractivity contribution >= 4 is 11.8 Å². The van der Waals surface area contributed by atoms with Crippen molar-refractivity contribution in [2.24, 2.45) is 0 Å². The summed E-state index contributed by atoms with van der Waals surface area (Å²) in [5, 5.41) is 2.89. The van der Waals surface area contributed by atoms with E-state index in [0.717, 1.165) is 29.8 Å². The number of amides is 2. The van der Waals surface area contributed by atoms with Crippen LogP contribution in [0.4, 0.5) is 0 Å². The van der Waals surface area contributed by atoms with Gasteiger partial charge in [0.25, 0.3) is 5.91 Å². The van der Waals surface area contributed by atoms with Gasteiger partial charge in [-0.15, -0.1) is 0 Å². The summed E-state index contributed by atoms with van der Waals surface area (Å²) in [6.07, 6.45) is 6.64. The molecule has 164 valence electrons. The largest absolute Gasteiger partial charge is 0.346 e. The highest BCUT2D eigenvalue weighted by molar-refractivity contribution is 5.95. The fourth-order valence-corrected chi connectivity index (χ4v) is 3.95. The van der Waals surface area contributed by atoms with Gasteiger partial charge in [-0.3, -0.25) is 9.59 Å². The van der Waals surface area contributed by atoms with E-state index in [0.29, 0.717) is 37.4 Å². The molecule has 32 heavy (non-hydrogen) atoms. The molecule has 0 saturated carbocycles. The first kappa shape index (κ1) is 21.5. The van der Waals surface area contributed by atoms with Crippen molar-refractivity contribution in [3.63, 3.8) is 0 Å². The molecule has 0 spiro atoms. The minimum atomic E-state index is -0.221. The number of nitrogens with one attached hydrogen (secondary N) is 1. The van der Waals surface area contributed by atoms with Crippen molar-refractivity contribution in [1.82, 2.24) is 30.2 Å². The molecule has 0 atom stereocenters. The topological polar surface area (TPSA) is 101 Å². The predicted octanol–water partition coefficient (Wildman–Crippen LogP) is 2.45. The van der Waals surface area contributed by atoms with Crippen LogP contribution in [0.15, 0.2) is 55.1 Å². The van der Waals surface area contributed by atoms with Crippen LogP contribution < -0.4 is 5.32 Å². The van der Waals surface area contributed by atoms with Gasteiger partial charge >= 0.3 is 0 Å². The second-order valence-corrected chi connectivity index (χ2v) is 7.92. The monoisotopic (exact) mass is 430 g/mol. The molecule has 1 fully saturated rings. The van der Waals surface area contributed by atoms with E-state index < -0.39 is 0 Å². The predicted molar refractivity (Wildman–Crippen MR) is 119 cm³/mol. The van der Waals surface area contributed by atoms with Gasteiger partial charge in [0.1, 0.15) is 12.2 Å². The summed E-state index contributed by atoms with van der Waals surface area (Å²) in [6, 6.07) is 11.5. The number of hydrogen-bond donors (Lipinski definition) is 1. The summed E-state index contributed by atoms with van der Waals surface area (Å²) < 4.78 is 0. The molecule has 2 amide bonds. The average molecular weight is 431 g/mol. The number of benzene rings is 1. The molecule has 1 aliphatic heterocycles. The first-order chi connectivity index (χ1) is 15.6. The van der Waals surface area contributed by atoms with Crippen LogP contribution in [0.3, 0.4) is 0 Å². The smallest absolute Gasteiger partial charge is 0.255 e. The maximum atomic E-state index is 12.9. The lowest BCUT2D eigenvalue weighted by Crippen LogP contribution is -2.39. The van der Waals surface area contributed by atoms with Gasteiger partial charge in [-0.1, -0.05) is 30.3 Å². The Kier molecular flexibility index (Phi) is 6.79. The van der Waals surface area contributed by atoms with Gasteiger partial charge in [0.2, 0.25) is 5.91 Å². The number of carbonyl (C=O) groups excluding carboxylic acids is 2. The molecule has 0 unspecified atom stereocenters. The van der Waals surface area contributed by atoms with Crippen LogP contribution in [0, 0.1) is 6.92 Å². The summed E-state index contributed by atoms with van der Waals surface area (Å²) in [4.78, 5) is 44.3. The molecular formula is C24H26N6O2. The lowest BCUT2D eigenvalue weighted by Gasteiger charge is -2.32. The number of carbonyl (C=O) groups is 2. The molecule has 1 aliphatic rings. The van der Waals surface area contributed by atoms with E-state index in [1.807, 2.05) is 42.2 Å². The molecule has 3 aromatic rings. The van der Waals surface area contributed by atoms with Crippen molar-refractivity contribution in [3.8, 4) is 0 Å². The number of likely N-dealkylation sites (tertiary alicyclic amines) is 1. The number of nitrogens with zero attached hydrogens (tertiary/aromatic N) is 5.